The van der Waals surface area contributed by atoms with Gasteiger partial charge >= 0.3 is 5.97 Å². The lowest BCUT2D eigenvalue weighted by Gasteiger charge is -2.44. The summed E-state index contributed by atoms with van der Waals surface area (Å²) in [7, 11) is -2.22. The number of carbonyl (C=O) groups is 1. The maximum Gasteiger partial charge on any atom is 0.308 e. The Bertz CT molecular complexity index is 468. The Balaban J connectivity index is 5.21. The zero-order chi connectivity index (χ0) is 22.9. The van der Waals surface area contributed by atoms with E-state index in [0.717, 1.165) is 24.7 Å². The second-order valence-electron chi connectivity index (χ2n) is 11.3. The van der Waals surface area contributed by atoms with Gasteiger partial charge in [-0.05, 0) is 64.5 Å². The van der Waals surface area contributed by atoms with Crippen LogP contribution < -0.4 is 0 Å². The van der Waals surface area contributed by atoms with Crippen LogP contribution in [0.1, 0.15) is 72.6 Å². The van der Waals surface area contributed by atoms with E-state index in [9.17, 15) is 4.79 Å². The van der Waals surface area contributed by atoms with E-state index in [1.165, 1.54) is 32.8 Å². The van der Waals surface area contributed by atoms with Crippen LogP contribution >= 0.6 is 0 Å². The Labute approximate surface area is 183 Å². The minimum atomic E-state index is -1.85. The van der Waals surface area contributed by atoms with E-state index in [1.807, 2.05) is 0 Å². The van der Waals surface area contributed by atoms with E-state index in [4.69, 9.17) is 13.6 Å². The number of carbonyl (C=O) groups excluding carboxylic acids is 1. The molecule has 0 amide bonds. The van der Waals surface area contributed by atoms with Gasteiger partial charge in [0.1, 0.15) is 0 Å². The van der Waals surface area contributed by atoms with Gasteiger partial charge in [0.25, 0.3) is 0 Å². The average Bonchev–Trinajstić information content (AvgIpc) is 2.50. The van der Waals surface area contributed by atoms with Crippen LogP contribution in [0.4, 0.5) is 0 Å². The van der Waals surface area contributed by atoms with Crippen LogP contribution in [-0.4, -0.2) is 41.4 Å². The van der Waals surface area contributed by atoms with Gasteiger partial charge in [-0.3, -0.25) is 4.79 Å². The molecule has 3 atom stereocenters. The topological polar surface area (TPSA) is 44.8 Å². The highest BCUT2D eigenvalue weighted by molar-refractivity contribution is 6.70. The van der Waals surface area contributed by atoms with E-state index in [-0.39, 0.29) is 18.5 Å². The molecule has 0 bridgehead atoms. The molecule has 0 aromatic heterocycles. The number of ether oxygens (including phenoxy) is 1. The molecule has 3 unspecified atom stereocenters. The highest BCUT2D eigenvalue weighted by Gasteiger charge is 2.42. The lowest BCUT2D eigenvalue weighted by Crippen LogP contribution is -2.53. The van der Waals surface area contributed by atoms with Crippen LogP contribution in [0.2, 0.25) is 39.3 Å². The van der Waals surface area contributed by atoms with Gasteiger partial charge in [-0.2, -0.15) is 0 Å². The second kappa shape index (κ2) is 12.6. The van der Waals surface area contributed by atoms with Gasteiger partial charge in [0.2, 0.25) is 0 Å². The average molecular weight is 447 g/mol. The normalized spacial score (nSPS) is 17.1. The molecule has 0 heterocycles. The molecular weight excluding hydrogens is 396 g/mol. The predicted octanol–water partition coefficient (Wildman–Crippen LogP) is 7.01. The molecule has 0 aliphatic heterocycles. The number of hydrogen-bond acceptors (Lipinski definition) is 4. The first-order chi connectivity index (χ1) is 13.1. The zero-order valence-corrected chi connectivity index (χ0v) is 23.3. The highest BCUT2D eigenvalue weighted by Crippen LogP contribution is 2.34. The molecule has 0 rings (SSSR count). The molecule has 0 fully saturated rings. The van der Waals surface area contributed by atoms with Gasteiger partial charge in [-0.15, -0.1) is 0 Å². The Morgan fingerprint density at radius 2 is 1.45 bits per heavy atom. The fraction of sp³-hybridized carbons (Fsp3) is 0.957. The van der Waals surface area contributed by atoms with Crippen molar-refractivity contribution in [2.45, 2.75) is 124 Å². The van der Waals surface area contributed by atoms with Crippen molar-refractivity contribution >= 4 is 22.6 Å². The fourth-order valence-electron chi connectivity index (χ4n) is 3.84. The van der Waals surface area contributed by atoms with E-state index in [1.54, 1.807) is 0 Å². The lowest BCUT2D eigenvalue weighted by atomic mass is 9.88. The lowest BCUT2D eigenvalue weighted by molar-refractivity contribution is -0.146. The first-order valence-electron chi connectivity index (χ1n) is 11.5. The third kappa shape index (κ3) is 14.5. The summed E-state index contributed by atoms with van der Waals surface area (Å²) < 4.78 is 18.2. The molecule has 29 heavy (non-hydrogen) atoms. The summed E-state index contributed by atoms with van der Waals surface area (Å²) in [5, 5.41) is 0. The summed E-state index contributed by atoms with van der Waals surface area (Å²) in [5.74, 6) is 1.29. The summed E-state index contributed by atoms with van der Waals surface area (Å²) in [5.41, 5.74) is -0.462. The molecule has 0 radical (unpaired) electrons. The molecule has 0 aliphatic carbocycles. The molecule has 0 aromatic rings. The molecule has 0 aromatic carbocycles. The van der Waals surface area contributed by atoms with E-state index in [2.05, 4.69) is 67.0 Å². The largest absolute Gasteiger partial charge is 0.469 e. The summed E-state index contributed by atoms with van der Waals surface area (Å²) in [4.78, 5) is 12.1. The van der Waals surface area contributed by atoms with Crippen LogP contribution in [0.15, 0.2) is 0 Å². The third-order valence-electron chi connectivity index (χ3n) is 5.14. The standard InChI is InChI=1S/C23H50O4Si2/c1-19(2)14-12-15-20(3)16-13-17-23(4,27-29(9,10)11)21(18-22(24)25-5)26-28(6,7)8/h19-21H,12-18H2,1-11H3. The SMILES string of the molecule is COC(=O)CC(O[Si](C)(C)C)C(C)(CCCC(C)CCCC(C)C)O[Si](C)(C)C. The van der Waals surface area contributed by atoms with Crippen molar-refractivity contribution in [3.63, 3.8) is 0 Å². The van der Waals surface area contributed by atoms with E-state index < -0.39 is 22.2 Å². The van der Waals surface area contributed by atoms with Crippen LogP contribution in [0.25, 0.3) is 0 Å². The van der Waals surface area contributed by atoms with Gasteiger partial charge in [0, 0.05) is 0 Å². The Morgan fingerprint density at radius 3 is 1.90 bits per heavy atom. The van der Waals surface area contributed by atoms with Gasteiger partial charge in [-0.25, -0.2) is 0 Å². The van der Waals surface area contributed by atoms with Crippen LogP contribution in [-0.2, 0) is 18.4 Å². The van der Waals surface area contributed by atoms with Crippen molar-refractivity contribution in [1.29, 1.82) is 0 Å². The van der Waals surface area contributed by atoms with Crippen molar-refractivity contribution in [2.24, 2.45) is 11.8 Å². The number of esters is 1. The van der Waals surface area contributed by atoms with Crippen molar-refractivity contribution < 1.29 is 18.4 Å². The molecular formula is C23H50O4Si2. The predicted molar refractivity (Wildman–Crippen MR) is 129 cm³/mol. The molecule has 4 nitrogen and oxygen atoms in total. The Hall–Kier alpha value is -0.176. The highest BCUT2D eigenvalue weighted by atomic mass is 28.4. The molecule has 0 saturated heterocycles. The fourth-order valence-corrected chi connectivity index (χ4v) is 6.66. The van der Waals surface area contributed by atoms with Gasteiger partial charge < -0.3 is 13.6 Å². The second-order valence-corrected chi connectivity index (χ2v) is 20.2. The Kier molecular flexibility index (Phi) is 12.5. The van der Waals surface area contributed by atoms with Crippen molar-refractivity contribution in [3.05, 3.63) is 0 Å². The molecule has 0 saturated carbocycles. The van der Waals surface area contributed by atoms with Crippen LogP contribution in [0.3, 0.4) is 0 Å². The van der Waals surface area contributed by atoms with Crippen molar-refractivity contribution in [3.8, 4) is 0 Å². The molecule has 174 valence electrons. The minimum absolute atomic E-state index is 0.222. The minimum Gasteiger partial charge on any atom is -0.469 e. The first kappa shape index (κ1) is 28.8. The molecule has 0 N–H and O–H groups in total. The van der Waals surface area contributed by atoms with Gasteiger partial charge in [0.15, 0.2) is 16.6 Å². The monoisotopic (exact) mass is 446 g/mol. The van der Waals surface area contributed by atoms with E-state index >= 15 is 0 Å². The summed E-state index contributed by atoms with van der Waals surface area (Å²) in [6.07, 6.45) is 7.11. The first-order valence-corrected chi connectivity index (χ1v) is 18.3. The quantitative estimate of drug-likeness (QED) is 0.200. The number of rotatable bonds is 15. The number of methoxy groups -OCH3 is 1. The van der Waals surface area contributed by atoms with Gasteiger partial charge in [-0.1, -0.05) is 52.9 Å². The molecule has 0 spiro atoms. The van der Waals surface area contributed by atoms with Crippen LogP contribution in [0, 0.1) is 11.8 Å². The molecule has 6 heteroatoms. The smallest absolute Gasteiger partial charge is 0.308 e. The summed E-state index contributed by atoms with van der Waals surface area (Å²) in [6, 6.07) is 0. The van der Waals surface area contributed by atoms with Crippen molar-refractivity contribution in [2.75, 3.05) is 7.11 Å². The summed E-state index contributed by atoms with van der Waals surface area (Å²) in [6.45, 7) is 22.3. The van der Waals surface area contributed by atoms with Crippen LogP contribution in [0.5, 0.6) is 0 Å². The van der Waals surface area contributed by atoms with Crippen molar-refractivity contribution in [1.82, 2.24) is 0 Å². The number of hydrogen-bond donors (Lipinski definition) is 0. The maximum atomic E-state index is 12.1. The molecule has 0 aliphatic rings. The third-order valence-corrected chi connectivity index (χ3v) is 7.21. The maximum absolute atomic E-state index is 12.1. The zero-order valence-electron chi connectivity index (χ0n) is 21.3. The Morgan fingerprint density at radius 1 is 0.897 bits per heavy atom. The van der Waals surface area contributed by atoms with Gasteiger partial charge in [0.05, 0.1) is 25.2 Å². The van der Waals surface area contributed by atoms with E-state index in [0.29, 0.717) is 0 Å². The summed E-state index contributed by atoms with van der Waals surface area (Å²) >= 11 is 0.